The molecular formula is C21H23BrN2O3S. The first-order valence-corrected chi connectivity index (χ1v) is 11.8. The molecule has 1 saturated carbocycles. The van der Waals surface area contributed by atoms with Crippen molar-refractivity contribution in [2.75, 3.05) is 16.2 Å². The Balaban J connectivity index is 1.80. The number of amides is 1. The van der Waals surface area contributed by atoms with Crippen molar-refractivity contribution < 1.29 is 13.2 Å². The van der Waals surface area contributed by atoms with Gasteiger partial charge in [-0.2, -0.15) is 0 Å². The van der Waals surface area contributed by atoms with E-state index < -0.39 is 10.0 Å². The van der Waals surface area contributed by atoms with E-state index in [0.717, 1.165) is 36.0 Å². The summed E-state index contributed by atoms with van der Waals surface area (Å²) < 4.78 is 30.3. The Morgan fingerprint density at radius 1 is 1.29 bits per heavy atom. The highest BCUT2D eigenvalue weighted by Crippen LogP contribution is 2.42. The number of benzene rings is 2. The van der Waals surface area contributed by atoms with Gasteiger partial charge in [-0.15, -0.1) is 0 Å². The maximum Gasteiger partial charge on any atom is 0.264 e. The molecule has 5 nitrogen and oxygen atoms in total. The van der Waals surface area contributed by atoms with Crippen LogP contribution < -0.4 is 9.62 Å². The summed E-state index contributed by atoms with van der Waals surface area (Å²) in [5.74, 6) is 0.0869. The van der Waals surface area contributed by atoms with Crippen molar-refractivity contribution in [2.24, 2.45) is 5.92 Å². The van der Waals surface area contributed by atoms with Crippen LogP contribution in [0.2, 0.25) is 0 Å². The Hall–Kier alpha value is -1.86. The van der Waals surface area contributed by atoms with Crippen molar-refractivity contribution in [2.45, 2.75) is 44.4 Å². The van der Waals surface area contributed by atoms with E-state index in [0.29, 0.717) is 28.8 Å². The van der Waals surface area contributed by atoms with Crippen molar-refractivity contribution in [3.05, 3.63) is 51.5 Å². The Kier molecular flexibility index (Phi) is 5.00. The number of aryl methyl sites for hydroxylation is 2. The van der Waals surface area contributed by atoms with Crippen molar-refractivity contribution in [3.63, 3.8) is 0 Å². The molecule has 148 valence electrons. The highest BCUT2D eigenvalue weighted by molar-refractivity contribution is 9.10. The highest BCUT2D eigenvalue weighted by atomic mass is 79.9. The molecule has 28 heavy (non-hydrogen) atoms. The first-order valence-electron chi connectivity index (χ1n) is 9.57. The predicted molar refractivity (Wildman–Crippen MR) is 114 cm³/mol. The second-order valence-corrected chi connectivity index (χ2v) is 10.1. The summed E-state index contributed by atoms with van der Waals surface area (Å²) in [7, 11) is -3.86. The smallest absolute Gasteiger partial charge is 0.264 e. The molecule has 1 heterocycles. The number of hydrogen-bond donors (Lipinski definition) is 1. The monoisotopic (exact) mass is 462 g/mol. The van der Waals surface area contributed by atoms with Crippen LogP contribution in [0.4, 0.5) is 11.4 Å². The number of para-hydroxylation sites is 1. The molecule has 1 aliphatic carbocycles. The van der Waals surface area contributed by atoms with Crippen LogP contribution in [0.25, 0.3) is 0 Å². The van der Waals surface area contributed by atoms with Crippen LogP contribution in [0.1, 0.15) is 36.5 Å². The van der Waals surface area contributed by atoms with Crippen LogP contribution >= 0.6 is 15.9 Å². The quantitative estimate of drug-likeness (QED) is 0.714. The SMILES string of the molecule is CCc1cccc(C)c1NS(=O)(=O)c1cc(Br)cc2c1N(C(=O)C1CC1)CC2. The van der Waals surface area contributed by atoms with Crippen molar-refractivity contribution >= 4 is 43.2 Å². The van der Waals surface area contributed by atoms with E-state index in [1.165, 1.54) is 0 Å². The molecule has 1 fully saturated rings. The minimum Gasteiger partial charge on any atom is -0.310 e. The molecule has 0 atom stereocenters. The summed E-state index contributed by atoms with van der Waals surface area (Å²) in [5, 5.41) is 0. The van der Waals surface area contributed by atoms with Crippen LogP contribution in [0.5, 0.6) is 0 Å². The molecule has 2 aromatic carbocycles. The third-order valence-corrected chi connectivity index (χ3v) is 7.27. The fraction of sp³-hybridized carbons (Fsp3) is 0.381. The van der Waals surface area contributed by atoms with Gasteiger partial charge in [-0.1, -0.05) is 41.1 Å². The van der Waals surface area contributed by atoms with Gasteiger partial charge in [-0.05, 0) is 61.4 Å². The van der Waals surface area contributed by atoms with Crippen molar-refractivity contribution in [1.82, 2.24) is 0 Å². The number of fused-ring (bicyclic) bond motifs is 1. The lowest BCUT2D eigenvalue weighted by Crippen LogP contribution is -2.31. The van der Waals surface area contributed by atoms with Crippen LogP contribution in [0.15, 0.2) is 39.7 Å². The van der Waals surface area contributed by atoms with Gasteiger partial charge in [0.2, 0.25) is 5.91 Å². The predicted octanol–water partition coefficient (Wildman–Crippen LogP) is 4.42. The molecule has 1 N–H and O–H groups in total. The Bertz CT molecular complexity index is 1060. The summed E-state index contributed by atoms with van der Waals surface area (Å²) in [5.41, 5.74) is 3.88. The highest BCUT2D eigenvalue weighted by Gasteiger charge is 2.39. The number of nitrogens with zero attached hydrogens (tertiary/aromatic N) is 1. The van der Waals surface area contributed by atoms with Gasteiger partial charge >= 0.3 is 0 Å². The molecule has 0 spiro atoms. The lowest BCUT2D eigenvalue weighted by molar-refractivity contribution is -0.119. The van der Waals surface area contributed by atoms with Crippen LogP contribution in [0, 0.1) is 12.8 Å². The zero-order valence-electron chi connectivity index (χ0n) is 16.0. The number of hydrogen-bond acceptors (Lipinski definition) is 3. The average Bonchev–Trinajstić information content (AvgIpc) is 3.42. The normalized spacial score (nSPS) is 16.2. The van der Waals surface area contributed by atoms with Crippen LogP contribution in [0.3, 0.4) is 0 Å². The summed E-state index contributed by atoms with van der Waals surface area (Å²) >= 11 is 3.44. The van der Waals surface area contributed by atoms with Gasteiger partial charge in [0, 0.05) is 16.9 Å². The van der Waals surface area contributed by atoms with Gasteiger partial charge in [0.15, 0.2) is 0 Å². The molecule has 0 radical (unpaired) electrons. The average molecular weight is 463 g/mol. The standard InChI is InChI=1S/C21H23BrN2O3S/c1-3-14-6-4-5-13(2)19(14)23-28(26,27)18-12-17(22)11-16-9-10-24(20(16)18)21(25)15-7-8-15/h4-6,11-12,15,23H,3,7-10H2,1-2H3. The van der Waals surface area contributed by atoms with E-state index in [9.17, 15) is 13.2 Å². The van der Waals surface area contributed by atoms with E-state index in [-0.39, 0.29) is 16.7 Å². The Labute approximate surface area is 174 Å². The maximum absolute atomic E-state index is 13.4. The summed E-state index contributed by atoms with van der Waals surface area (Å²) in [6, 6.07) is 9.27. The lowest BCUT2D eigenvalue weighted by Gasteiger charge is -2.22. The van der Waals surface area contributed by atoms with Gasteiger partial charge in [0.25, 0.3) is 10.0 Å². The first kappa shape index (κ1) is 19.5. The van der Waals surface area contributed by atoms with Gasteiger partial charge in [0.1, 0.15) is 4.90 Å². The third-order valence-electron chi connectivity index (χ3n) is 5.45. The number of anilines is 2. The molecule has 7 heteroatoms. The number of nitrogens with one attached hydrogen (secondary N) is 1. The van der Waals surface area contributed by atoms with Crippen molar-refractivity contribution in [3.8, 4) is 0 Å². The fourth-order valence-electron chi connectivity index (χ4n) is 3.80. The maximum atomic E-state index is 13.4. The second kappa shape index (κ2) is 7.19. The van der Waals surface area contributed by atoms with Gasteiger partial charge < -0.3 is 4.90 Å². The largest absolute Gasteiger partial charge is 0.310 e. The molecule has 2 aliphatic rings. The first-order chi connectivity index (χ1) is 13.3. The molecule has 2 aromatic rings. The molecule has 1 aliphatic heterocycles. The van der Waals surface area contributed by atoms with E-state index >= 15 is 0 Å². The van der Waals surface area contributed by atoms with E-state index in [2.05, 4.69) is 20.7 Å². The number of carbonyl (C=O) groups is 1. The molecular weight excluding hydrogens is 440 g/mol. The molecule has 1 amide bonds. The number of carbonyl (C=O) groups excluding carboxylic acids is 1. The molecule has 0 unspecified atom stereocenters. The number of rotatable bonds is 5. The van der Waals surface area contributed by atoms with Gasteiger partial charge in [-0.25, -0.2) is 8.42 Å². The zero-order valence-corrected chi connectivity index (χ0v) is 18.4. The molecule has 0 bridgehead atoms. The molecule has 0 aromatic heterocycles. The summed E-state index contributed by atoms with van der Waals surface area (Å²) in [4.78, 5) is 14.6. The minimum absolute atomic E-state index is 0.0428. The van der Waals surface area contributed by atoms with Crippen LogP contribution in [-0.2, 0) is 27.7 Å². The van der Waals surface area contributed by atoms with Crippen molar-refractivity contribution in [1.29, 1.82) is 0 Å². The second-order valence-electron chi connectivity index (χ2n) is 7.49. The minimum atomic E-state index is -3.86. The Morgan fingerprint density at radius 2 is 2.04 bits per heavy atom. The Morgan fingerprint density at radius 3 is 2.71 bits per heavy atom. The molecule has 4 rings (SSSR count). The lowest BCUT2D eigenvalue weighted by atomic mass is 10.1. The summed E-state index contributed by atoms with van der Waals surface area (Å²) in [6.45, 7) is 4.43. The molecule has 0 saturated heterocycles. The van der Waals surface area contributed by atoms with E-state index in [1.54, 1.807) is 11.0 Å². The number of sulfonamides is 1. The summed E-state index contributed by atoms with van der Waals surface area (Å²) in [6.07, 6.45) is 3.18. The van der Waals surface area contributed by atoms with Crippen LogP contribution in [-0.4, -0.2) is 20.9 Å². The number of halogens is 1. The van der Waals surface area contributed by atoms with Gasteiger partial charge in [0.05, 0.1) is 11.4 Å². The van der Waals surface area contributed by atoms with E-state index in [4.69, 9.17) is 0 Å². The fourth-order valence-corrected chi connectivity index (χ4v) is 5.91. The third kappa shape index (κ3) is 3.46. The topological polar surface area (TPSA) is 66.5 Å². The van der Waals surface area contributed by atoms with Gasteiger partial charge in [-0.3, -0.25) is 9.52 Å². The zero-order chi connectivity index (χ0) is 20.1. The van der Waals surface area contributed by atoms with E-state index in [1.807, 2.05) is 38.1 Å².